The minimum atomic E-state index is -3.68. The summed E-state index contributed by atoms with van der Waals surface area (Å²) in [5.41, 5.74) is 4.57. The summed E-state index contributed by atoms with van der Waals surface area (Å²) in [7, 11) is -3.68. The predicted molar refractivity (Wildman–Crippen MR) is 130 cm³/mol. The second-order valence-electron chi connectivity index (χ2n) is 8.01. The number of nitrogens with one attached hydrogen (secondary N) is 1. The Morgan fingerprint density at radius 2 is 1.88 bits per heavy atom. The molecule has 1 aromatic heterocycles. The van der Waals surface area contributed by atoms with E-state index < -0.39 is 15.9 Å². The molecular formula is C24H27ClN4O3S. The SMILES string of the molecule is CCN(CC)S(=O)(=O)c1ccc(Cl)c(NC(=O)c2nn(-c3ccccc3C)c3c2CCC3)c1. The molecule has 0 aliphatic heterocycles. The Bertz CT molecular complexity index is 1310. The molecule has 2 aromatic carbocycles. The Morgan fingerprint density at radius 3 is 2.58 bits per heavy atom. The van der Waals surface area contributed by atoms with Crippen molar-refractivity contribution < 1.29 is 13.2 Å². The molecule has 1 aliphatic rings. The molecule has 0 unspecified atom stereocenters. The molecule has 33 heavy (non-hydrogen) atoms. The number of aromatic nitrogens is 2. The van der Waals surface area contributed by atoms with Gasteiger partial charge in [-0.1, -0.05) is 43.6 Å². The highest BCUT2D eigenvalue weighted by atomic mass is 35.5. The van der Waals surface area contributed by atoms with Crippen LogP contribution in [0.4, 0.5) is 5.69 Å². The van der Waals surface area contributed by atoms with E-state index in [9.17, 15) is 13.2 Å². The number of carbonyl (C=O) groups excluding carboxylic acids is 1. The Hall–Kier alpha value is -2.68. The summed E-state index contributed by atoms with van der Waals surface area (Å²) in [4.78, 5) is 13.3. The van der Waals surface area contributed by atoms with E-state index in [0.717, 1.165) is 41.8 Å². The van der Waals surface area contributed by atoms with Gasteiger partial charge in [0.15, 0.2) is 5.69 Å². The zero-order chi connectivity index (χ0) is 23.8. The molecule has 1 heterocycles. The van der Waals surface area contributed by atoms with E-state index in [0.29, 0.717) is 18.8 Å². The zero-order valence-electron chi connectivity index (χ0n) is 18.9. The van der Waals surface area contributed by atoms with Crippen molar-refractivity contribution in [3.63, 3.8) is 0 Å². The number of hydrogen-bond acceptors (Lipinski definition) is 4. The molecule has 0 saturated heterocycles. The van der Waals surface area contributed by atoms with Crippen molar-refractivity contribution in [2.45, 2.75) is 44.9 Å². The van der Waals surface area contributed by atoms with E-state index >= 15 is 0 Å². The summed E-state index contributed by atoms with van der Waals surface area (Å²) >= 11 is 6.32. The number of rotatable bonds is 7. The quantitative estimate of drug-likeness (QED) is 0.528. The van der Waals surface area contributed by atoms with E-state index in [-0.39, 0.29) is 15.6 Å². The molecule has 1 N–H and O–H groups in total. The molecular weight excluding hydrogens is 460 g/mol. The molecule has 7 nitrogen and oxygen atoms in total. The summed E-state index contributed by atoms with van der Waals surface area (Å²) < 4.78 is 29.0. The summed E-state index contributed by atoms with van der Waals surface area (Å²) in [5, 5.41) is 7.70. The van der Waals surface area contributed by atoms with Gasteiger partial charge in [0.05, 0.1) is 21.3 Å². The number of nitrogens with zero attached hydrogens (tertiary/aromatic N) is 3. The predicted octanol–water partition coefficient (Wildman–Crippen LogP) is 4.61. The third-order valence-corrected chi connectivity index (χ3v) is 8.39. The van der Waals surface area contributed by atoms with Crippen LogP contribution in [-0.4, -0.2) is 41.5 Å². The number of benzene rings is 2. The highest BCUT2D eigenvalue weighted by Crippen LogP contribution is 2.31. The van der Waals surface area contributed by atoms with Crippen LogP contribution < -0.4 is 5.32 Å². The Morgan fingerprint density at radius 1 is 1.15 bits per heavy atom. The standard InChI is InChI=1S/C24H27ClN4O3S/c1-4-28(5-2)33(31,32)17-13-14-19(25)20(15-17)26-24(30)23-18-10-8-12-22(18)29(27-23)21-11-7-6-9-16(21)3/h6-7,9,11,13-15H,4-5,8,10,12H2,1-3H3,(H,26,30). The van der Waals surface area contributed by atoms with Crippen LogP contribution in [0.2, 0.25) is 5.02 Å². The number of sulfonamides is 1. The van der Waals surface area contributed by atoms with E-state index in [1.54, 1.807) is 13.8 Å². The lowest BCUT2D eigenvalue weighted by atomic mass is 10.1. The first-order valence-corrected chi connectivity index (χ1v) is 12.9. The van der Waals surface area contributed by atoms with Crippen molar-refractivity contribution in [2.75, 3.05) is 18.4 Å². The highest BCUT2D eigenvalue weighted by molar-refractivity contribution is 7.89. The monoisotopic (exact) mass is 486 g/mol. The number of anilines is 1. The molecule has 4 rings (SSSR count). The normalized spacial score (nSPS) is 13.4. The number of carbonyl (C=O) groups is 1. The van der Waals surface area contributed by atoms with Gasteiger partial charge < -0.3 is 5.32 Å². The van der Waals surface area contributed by atoms with Crippen LogP contribution in [0.25, 0.3) is 5.69 Å². The fraction of sp³-hybridized carbons (Fsp3) is 0.333. The molecule has 9 heteroatoms. The maximum Gasteiger partial charge on any atom is 0.276 e. The van der Waals surface area contributed by atoms with Gasteiger partial charge in [-0.15, -0.1) is 0 Å². The van der Waals surface area contributed by atoms with Gasteiger partial charge in [-0.2, -0.15) is 9.40 Å². The van der Waals surface area contributed by atoms with Gasteiger partial charge in [-0.05, 0) is 56.0 Å². The van der Waals surface area contributed by atoms with Gasteiger partial charge >= 0.3 is 0 Å². The van der Waals surface area contributed by atoms with Gasteiger partial charge in [0, 0.05) is 24.3 Å². The van der Waals surface area contributed by atoms with Crippen molar-refractivity contribution in [3.8, 4) is 5.69 Å². The molecule has 0 atom stereocenters. The lowest BCUT2D eigenvalue weighted by Gasteiger charge is -2.19. The minimum absolute atomic E-state index is 0.0848. The van der Waals surface area contributed by atoms with Crippen LogP contribution in [-0.2, 0) is 22.9 Å². The van der Waals surface area contributed by atoms with E-state index in [2.05, 4.69) is 10.4 Å². The molecule has 0 fully saturated rings. The number of halogens is 1. The van der Waals surface area contributed by atoms with Crippen molar-refractivity contribution in [2.24, 2.45) is 0 Å². The van der Waals surface area contributed by atoms with Crippen LogP contribution in [0.3, 0.4) is 0 Å². The van der Waals surface area contributed by atoms with Crippen molar-refractivity contribution in [1.82, 2.24) is 14.1 Å². The molecule has 1 aliphatic carbocycles. The summed E-state index contributed by atoms with van der Waals surface area (Å²) in [6.45, 7) is 6.28. The first kappa shape index (κ1) is 23.5. The molecule has 3 aromatic rings. The summed E-state index contributed by atoms with van der Waals surface area (Å²) in [6, 6.07) is 12.3. The van der Waals surface area contributed by atoms with Gasteiger partial charge in [0.2, 0.25) is 10.0 Å². The van der Waals surface area contributed by atoms with Crippen LogP contribution in [0, 0.1) is 6.92 Å². The zero-order valence-corrected chi connectivity index (χ0v) is 20.5. The lowest BCUT2D eigenvalue weighted by Crippen LogP contribution is -2.30. The summed E-state index contributed by atoms with van der Waals surface area (Å²) in [5.74, 6) is -0.403. The number of aryl methyl sites for hydroxylation is 1. The topological polar surface area (TPSA) is 84.3 Å². The van der Waals surface area contributed by atoms with Crippen LogP contribution in [0.15, 0.2) is 47.4 Å². The number of hydrogen-bond donors (Lipinski definition) is 1. The van der Waals surface area contributed by atoms with Gasteiger partial charge in [-0.3, -0.25) is 4.79 Å². The molecule has 0 bridgehead atoms. The minimum Gasteiger partial charge on any atom is -0.319 e. The first-order valence-electron chi connectivity index (χ1n) is 11.1. The molecule has 0 spiro atoms. The second-order valence-corrected chi connectivity index (χ2v) is 10.4. The van der Waals surface area contributed by atoms with Crippen LogP contribution >= 0.6 is 11.6 Å². The molecule has 174 valence electrons. The molecule has 0 saturated carbocycles. The van der Waals surface area contributed by atoms with Crippen molar-refractivity contribution >= 4 is 33.2 Å². The Balaban J connectivity index is 1.69. The summed E-state index contributed by atoms with van der Waals surface area (Å²) in [6.07, 6.45) is 2.58. The third-order valence-electron chi connectivity index (χ3n) is 6.02. The van der Waals surface area contributed by atoms with Gasteiger partial charge in [0.25, 0.3) is 5.91 Å². The Kier molecular flexibility index (Phi) is 6.61. The molecule has 0 radical (unpaired) electrons. The van der Waals surface area contributed by atoms with E-state index in [1.807, 2.05) is 35.9 Å². The largest absolute Gasteiger partial charge is 0.319 e. The van der Waals surface area contributed by atoms with Crippen LogP contribution in [0.5, 0.6) is 0 Å². The average molecular weight is 487 g/mol. The lowest BCUT2D eigenvalue weighted by molar-refractivity contribution is 0.102. The fourth-order valence-electron chi connectivity index (χ4n) is 4.27. The van der Waals surface area contributed by atoms with E-state index in [4.69, 9.17) is 11.6 Å². The third kappa shape index (κ3) is 4.30. The fourth-order valence-corrected chi connectivity index (χ4v) is 5.92. The number of amides is 1. The first-order chi connectivity index (χ1) is 15.8. The average Bonchev–Trinajstić information content (AvgIpc) is 3.39. The van der Waals surface area contributed by atoms with Crippen LogP contribution in [0.1, 0.15) is 47.6 Å². The number of para-hydroxylation sites is 1. The maximum absolute atomic E-state index is 13.3. The maximum atomic E-state index is 13.3. The van der Waals surface area contributed by atoms with Gasteiger partial charge in [0.1, 0.15) is 0 Å². The number of fused-ring (bicyclic) bond motifs is 1. The van der Waals surface area contributed by atoms with E-state index in [1.165, 1.54) is 22.5 Å². The van der Waals surface area contributed by atoms with Gasteiger partial charge in [-0.25, -0.2) is 13.1 Å². The Labute approximate surface area is 199 Å². The molecule has 1 amide bonds. The smallest absolute Gasteiger partial charge is 0.276 e. The second kappa shape index (κ2) is 9.29. The van der Waals surface area contributed by atoms with Crippen molar-refractivity contribution in [1.29, 1.82) is 0 Å². The highest BCUT2D eigenvalue weighted by Gasteiger charge is 2.28. The van der Waals surface area contributed by atoms with Crippen molar-refractivity contribution in [3.05, 3.63) is 70.0 Å².